The number of nitrogens with zero attached hydrogens (tertiary/aromatic N) is 3. The first-order valence-corrected chi connectivity index (χ1v) is 10.8. The third kappa shape index (κ3) is 5.13. The van der Waals surface area contributed by atoms with E-state index in [2.05, 4.69) is 0 Å². The van der Waals surface area contributed by atoms with E-state index < -0.39 is 6.04 Å². The first-order chi connectivity index (χ1) is 13.6. The van der Waals surface area contributed by atoms with E-state index in [1.165, 1.54) is 11.4 Å². The van der Waals surface area contributed by atoms with Crippen molar-refractivity contribution in [1.82, 2.24) is 15.1 Å². The van der Waals surface area contributed by atoms with E-state index in [-0.39, 0.29) is 24.2 Å². The molecule has 0 aromatic heterocycles. The van der Waals surface area contributed by atoms with Crippen LogP contribution in [0.1, 0.15) is 77.0 Å². The summed E-state index contributed by atoms with van der Waals surface area (Å²) in [6.45, 7) is 0.501. The van der Waals surface area contributed by atoms with E-state index in [9.17, 15) is 19.6 Å². The zero-order valence-electron chi connectivity index (χ0n) is 16.7. The molecule has 2 saturated carbocycles. The van der Waals surface area contributed by atoms with Crippen LogP contribution in [-0.2, 0) is 14.4 Å². The van der Waals surface area contributed by atoms with E-state index in [1.807, 2.05) is 6.08 Å². The highest BCUT2D eigenvalue weighted by Gasteiger charge is 2.34. The molecule has 156 valence electrons. The van der Waals surface area contributed by atoms with Crippen molar-refractivity contribution in [3.8, 4) is 0 Å². The number of hydrogen-bond donors (Lipinski definition) is 1. The van der Waals surface area contributed by atoms with Gasteiger partial charge in [0.25, 0.3) is 0 Å². The Morgan fingerprint density at radius 3 is 2.46 bits per heavy atom. The minimum atomic E-state index is -0.546. The van der Waals surface area contributed by atoms with Crippen LogP contribution in [0, 0.1) is 11.8 Å². The molecule has 3 aliphatic rings. The van der Waals surface area contributed by atoms with Crippen molar-refractivity contribution in [3.63, 3.8) is 0 Å². The van der Waals surface area contributed by atoms with Crippen molar-refractivity contribution in [2.24, 2.45) is 11.8 Å². The summed E-state index contributed by atoms with van der Waals surface area (Å²) in [6.07, 6.45) is 14.9. The van der Waals surface area contributed by atoms with E-state index in [0.29, 0.717) is 30.4 Å². The standard InChI is InChI=1S/C21H33N3O4/c25-16-24(28)19(14-17-8-4-5-9-17)15-20(26)22-12-6-7-13-23(22)21(27)18-10-2-1-3-11-18/h6,12,16-19,28H,1-5,7-11,13-15H2. The molecule has 3 rings (SSSR count). The molecule has 0 saturated heterocycles. The van der Waals surface area contributed by atoms with Gasteiger partial charge < -0.3 is 0 Å². The van der Waals surface area contributed by atoms with Crippen molar-refractivity contribution in [1.29, 1.82) is 0 Å². The molecule has 1 aliphatic heterocycles. The van der Waals surface area contributed by atoms with Gasteiger partial charge in [0.2, 0.25) is 18.2 Å². The van der Waals surface area contributed by atoms with Crippen molar-refractivity contribution < 1.29 is 19.6 Å². The lowest BCUT2D eigenvalue weighted by atomic mass is 9.88. The fraction of sp³-hybridized carbons (Fsp3) is 0.762. The average molecular weight is 392 g/mol. The zero-order chi connectivity index (χ0) is 19.9. The van der Waals surface area contributed by atoms with Crippen LogP contribution in [0.4, 0.5) is 0 Å². The summed E-state index contributed by atoms with van der Waals surface area (Å²) in [6, 6.07) is -0.546. The minimum Gasteiger partial charge on any atom is -0.286 e. The normalized spacial score (nSPS) is 22.3. The van der Waals surface area contributed by atoms with Gasteiger partial charge in [-0.1, -0.05) is 51.0 Å². The maximum atomic E-state index is 13.0. The third-order valence-electron chi connectivity index (χ3n) is 6.45. The predicted molar refractivity (Wildman–Crippen MR) is 104 cm³/mol. The summed E-state index contributed by atoms with van der Waals surface area (Å²) in [4.78, 5) is 37.2. The lowest BCUT2D eigenvalue weighted by molar-refractivity contribution is -0.171. The van der Waals surface area contributed by atoms with Crippen LogP contribution >= 0.6 is 0 Å². The van der Waals surface area contributed by atoms with Crippen LogP contribution in [0.15, 0.2) is 12.3 Å². The second-order valence-corrected chi connectivity index (χ2v) is 8.44. The molecule has 0 aromatic rings. The second-order valence-electron chi connectivity index (χ2n) is 8.44. The molecule has 1 atom stereocenters. The Balaban J connectivity index is 1.66. The van der Waals surface area contributed by atoms with Gasteiger partial charge in [0.15, 0.2) is 0 Å². The van der Waals surface area contributed by atoms with Crippen LogP contribution in [0.25, 0.3) is 0 Å². The zero-order valence-corrected chi connectivity index (χ0v) is 16.7. The molecule has 3 amide bonds. The molecule has 0 bridgehead atoms. The van der Waals surface area contributed by atoms with Gasteiger partial charge in [-0.25, -0.2) is 15.1 Å². The van der Waals surface area contributed by atoms with Crippen molar-refractivity contribution in [3.05, 3.63) is 12.3 Å². The van der Waals surface area contributed by atoms with Crippen LogP contribution in [0.3, 0.4) is 0 Å². The fourth-order valence-electron chi connectivity index (χ4n) is 4.85. The summed E-state index contributed by atoms with van der Waals surface area (Å²) in [5.74, 6) is 0.211. The Bertz CT molecular complexity index is 582. The topological polar surface area (TPSA) is 81.2 Å². The minimum absolute atomic E-state index is 0.00542. The maximum Gasteiger partial charge on any atom is 0.247 e. The quantitative estimate of drug-likeness (QED) is 0.410. The van der Waals surface area contributed by atoms with Crippen LogP contribution in [-0.4, -0.2) is 51.1 Å². The van der Waals surface area contributed by atoms with Gasteiger partial charge in [0, 0.05) is 18.7 Å². The lowest BCUT2D eigenvalue weighted by Crippen LogP contribution is -2.52. The monoisotopic (exact) mass is 391 g/mol. The van der Waals surface area contributed by atoms with Gasteiger partial charge in [0.1, 0.15) is 0 Å². The summed E-state index contributed by atoms with van der Waals surface area (Å²) >= 11 is 0. The molecule has 2 fully saturated rings. The Morgan fingerprint density at radius 1 is 1.11 bits per heavy atom. The summed E-state index contributed by atoms with van der Waals surface area (Å²) in [7, 11) is 0. The lowest BCUT2D eigenvalue weighted by Gasteiger charge is -2.38. The van der Waals surface area contributed by atoms with Crippen molar-refractivity contribution >= 4 is 18.2 Å². The fourth-order valence-corrected chi connectivity index (χ4v) is 4.85. The van der Waals surface area contributed by atoms with Crippen LogP contribution < -0.4 is 0 Å². The van der Waals surface area contributed by atoms with E-state index >= 15 is 0 Å². The first-order valence-electron chi connectivity index (χ1n) is 10.8. The average Bonchev–Trinajstić information content (AvgIpc) is 3.26. The summed E-state index contributed by atoms with van der Waals surface area (Å²) in [5, 5.41) is 13.6. The van der Waals surface area contributed by atoms with Gasteiger partial charge in [0.05, 0.1) is 12.5 Å². The molecule has 1 unspecified atom stereocenters. The number of amides is 3. The molecular weight excluding hydrogens is 358 g/mol. The van der Waals surface area contributed by atoms with Gasteiger partial charge >= 0.3 is 0 Å². The number of hydroxylamine groups is 2. The highest BCUT2D eigenvalue weighted by atomic mass is 16.5. The molecule has 2 aliphatic carbocycles. The van der Waals surface area contributed by atoms with Crippen LogP contribution in [0.2, 0.25) is 0 Å². The van der Waals surface area contributed by atoms with E-state index in [4.69, 9.17) is 0 Å². The molecule has 7 nitrogen and oxygen atoms in total. The van der Waals surface area contributed by atoms with Crippen LogP contribution in [0.5, 0.6) is 0 Å². The largest absolute Gasteiger partial charge is 0.286 e. The molecule has 0 radical (unpaired) electrons. The Hall–Kier alpha value is -1.89. The summed E-state index contributed by atoms with van der Waals surface area (Å²) in [5.41, 5.74) is 0. The maximum absolute atomic E-state index is 13.0. The van der Waals surface area contributed by atoms with Gasteiger partial charge in [-0.15, -0.1) is 0 Å². The number of hydrazine groups is 1. The SMILES string of the molecule is O=CN(O)C(CC(=O)N1C=CCCN1C(=O)C1CCCCC1)CC1CCCC1. The first kappa shape index (κ1) is 20.8. The number of carbonyl (C=O) groups excluding carboxylic acids is 3. The Morgan fingerprint density at radius 2 is 1.79 bits per heavy atom. The molecule has 7 heteroatoms. The predicted octanol–water partition coefficient (Wildman–Crippen LogP) is 3.24. The van der Waals surface area contributed by atoms with Gasteiger partial charge in [-0.05, 0) is 31.6 Å². The van der Waals surface area contributed by atoms with E-state index in [0.717, 1.165) is 57.8 Å². The number of rotatable bonds is 7. The molecule has 1 heterocycles. The smallest absolute Gasteiger partial charge is 0.247 e. The second kappa shape index (κ2) is 10.0. The van der Waals surface area contributed by atoms with Crippen molar-refractivity contribution in [2.75, 3.05) is 6.54 Å². The highest BCUT2D eigenvalue weighted by Crippen LogP contribution is 2.31. The molecule has 0 aromatic carbocycles. The van der Waals surface area contributed by atoms with Gasteiger partial charge in [-0.2, -0.15) is 0 Å². The van der Waals surface area contributed by atoms with Crippen molar-refractivity contribution in [2.45, 2.75) is 83.1 Å². The summed E-state index contributed by atoms with van der Waals surface area (Å²) < 4.78 is 0. The van der Waals surface area contributed by atoms with E-state index in [1.54, 1.807) is 11.2 Å². The number of carbonyl (C=O) groups is 3. The van der Waals surface area contributed by atoms with Gasteiger partial charge in [-0.3, -0.25) is 19.6 Å². The molecular formula is C21H33N3O4. The molecule has 28 heavy (non-hydrogen) atoms. The third-order valence-corrected chi connectivity index (χ3v) is 6.45. The number of hydrogen-bond acceptors (Lipinski definition) is 4. The molecule has 1 N–H and O–H groups in total. The Labute approximate surface area is 167 Å². The Kier molecular flexibility index (Phi) is 7.48. The molecule has 0 spiro atoms. The highest BCUT2D eigenvalue weighted by molar-refractivity contribution is 5.85.